The molecule has 0 unspecified atom stereocenters. The van der Waals surface area contributed by atoms with E-state index in [-0.39, 0.29) is 5.91 Å². The van der Waals surface area contributed by atoms with Crippen LogP contribution in [0.4, 0.5) is 5.69 Å². The Morgan fingerprint density at radius 2 is 2.08 bits per heavy atom. The molecular formula is C17H11BrN4OS2. The molecule has 0 saturated heterocycles. The molecule has 0 aliphatic carbocycles. The minimum absolute atomic E-state index is 0.239. The van der Waals surface area contributed by atoms with E-state index in [1.54, 1.807) is 27.6 Å². The predicted octanol–water partition coefficient (Wildman–Crippen LogP) is 5.07. The minimum atomic E-state index is -0.239. The zero-order valence-corrected chi connectivity index (χ0v) is 15.9. The summed E-state index contributed by atoms with van der Waals surface area (Å²) in [5.41, 5.74) is 2.90. The highest BCUT2D eigenvalue weighted by atomic mass is 79.9. The Kier molecular flexibility index (Phi) is 4.48. The van der Waals surface area contributed by atoms with Gasteiger partial charge >= 0.3 is 0 Å². The average molecular weight is 431 g/mol. The summed E-state index contributed by atoms with van der Waals surface area (Å²) < 4.78 is 2.57. The molecule has 0 aliphatic heterocycles. The molecule has 3 heterocycles. The third-order valence-corrected chi connectivity index (χ3v) is 5.44. The third-order valence-electron chi connectivity index (χ3n) is 3.46. The summed E-state index contributed by atoms with van der Waals surface area (Å²) in [5.74, 6) is -0.239. The lowest BCUT2D eigenvalue weighted by molar-refractivity contribution is 0.102. The van der Waals surface area contributed by atoms with Crippen LogP contribution in [-0.4, -0.2) is 20.7 Å². The summed E-state index contributed by atoms with van der Waals surface area (Å²) in [6, 6.07) is 9.51. The van der Waals surface area contributed by atoms with Gasteiger partial charge in [-0.05, 0) is 39.5 Å². The topological polar surface area (TPSA) is 59.8 Å². The molecule has 3 aromatic heterocycles. The van der Waals surface area contributed by atoms with Crippen molar-refractivity contribution in [2.45, 2.75) is 0 Å². The van der Waals surface area contributed by atoms with Crippen LogP contribution in [0, 0.1) is 0 Å². The van der Waals surface area contributed by atoms with E-state index in [1.165, 1.54) is 11.3 Å². The molecule has 0 atom stereocenters. The molecule has 4 rings (SSSR count). The van der Waals surface area contributed by atoms with E-state index in [0.29, 0.717) is 11.4 Å². The Morgan fingerprint density at radius 1 is 1.20 bits per heavy atom. The number of carbonyl (C=O) groups excluding carboxylic acids is 1. The van der Waals surface area contributed by atoms with Gasteiger partial charge in [-0.1, -0.05) is 12.1 Å². The maximum absolute atomic E-state index is 12.6. The second-order valence-electron chi connectivity index (χ2n) is 5.12. The van der Waals surface area contributed by atoms with Crippen molar-refractivity contribution in [1.82, 2.24) is 14.8 Å². The molecule has 1 N–H and O–H groups in total. The average Bonchev–Trinajstić information content (AvgIpc) is 3.36. The first-order valence-corrected chi connectivity index (χ1v) is 9.91. The van der Waals surface area contributed by atoms with Gasteiger partial charge in [-0.15, -0.1) is 11.3 Å². The fraction of sp³-hybridized carbons (Fsp3) is 0. The highest BCUT2D eigenvalue weighted by molar-refractivity contribution is 9.10. The third kappa shape index (κ3) is 3.41. The SMILES string of the molecule is O=C(Nc1ccccc1-n1cc(Br)cn1)c1csc(-c2ccsc2)n1. The zero-order chi connectivity index (χ0) is 17.2. The monoisotopic (exact) mass is 430 g/mol. The van der Waals surface area contributed by atoms with Crippen LogP contribution in [0.5, 0.6) is 0 Å². The van der Waals surface area contributed by atoms with Crippen molar-refractivity contribution in [3.05, 3.63) is 69.0 Å². The summed E-state index contributed by atoms with van der Waals surface area (Å²) in [4.78, 5) is 17.0. The van der Waals surface area contributed by atoms with E-state index >= 15 is 0 Å². The quantitative estimate of drug-likeness (QED) is 0.491. The van der Waals surface area contributed by atoms with Gasteiger partial charge in [-0.2, -0.15) is 16.4 Å². The van der Waals surface area contributed by atoms with Crippen molar-refractivity contribution in [3.63, 3.8) is 0 Å². The van der Waals surface area contributed by atoms with Crippen LogP contribution in [0.15, 0.2) is 63.3 Å². The predicted molar refractivity (Wildman–Crippen MR) is 105 cm³/mol. The van der Waals surface area contributed by atoms with Gasteiger partial charge in [0.25, 0.3) is 5.91 Å². The number of aromatic nitrogens is 3. The maximum Gasteiger partial charge on any atom is 0.275 e. The highest BCUT2D eigenvalue weighted by Gasteiger charge is 2.14. The fourth-order valence-electron chi connectivity index (χ4n) is 2.29. The van der Waals surface area contributed by atoms with Gasteiger partial charge in [-0.25, -0.2) is 9.67 Å². The van der Waals surface area contributed by atoms with Gasteiger partial charge in [0.2, 0.25) is 0 Å². The van der Waals surface area contributed by atoms with E-state index in [4.69, 9.17) is 0 Å². The smallest absolute Gasteiger partial charge is 0.275 e. The van der Waals surface area contributed by atoms with Crippen LogP contribution in [0.25, 0.3) is 16.3 Å². The molecule has 0 radical (unpaired) electrons. The van der Waals surface area contributed by atoms with Crippen LogP contribution in [0.1, 0.15) is 10.5 Å². The van der Waals surface area contributed by atoms with E-state index in [2.05, 4.69) is 31.3 Å². The first-order chi connectivity index (χ1) is 12.2. The summed E-state index contributed by atoms with van der Waals surface area (Å²) in [5, 5.41) is 13.8. The molecule has 124 valence electrons. The lowest BCUT2D eigenvalue weighted by Gasteiger charge is -2.10. The molecule has 0 bridgehead atoms. The lowest BCUT2D eigenvalue weighted by atomic mass is 10.2. The van der Waals surface area contributed by atoms with Crippen molar-refractivity contribution in [3.8, 4) is 16.3 Å². The summed E-state index contributed by atoms with van der Waals surface area (Å²) in [6.07, 6.45) is 3.54. The maximum atomic E-state index is 12.6. The minimum Gasteiger partial charge on any atom is -0.319 e. The number of carbonyl (C=O) groups is 1. The van der Waals surface area contributed by atoms with Gasteiger partial charge in [0.05, 0.1) is 22.0 Å². The number of nitrogens with one attached hydrogen (secondary N) is 1. The first kappa shape index (κ1) is 16.2. The number of thiazole rings is 1. The number of amides is 1. The standard InChI is InChI=1S/C17H11BrN4OS2/c18-12-7-19-22(8-12)15-4-2-1-3-13(15)20-16(23)14-10-25-17(21-14)11-5-6-24-9-11/h1-10H,(H,20,23). The Morgan fingerprint density at radius 3 is 2.84 bits per heavy atom. The van der Waals surface area contributed by atoms with Gasteiger partial charge in [0.15, 0.2) is 0 Å². The van der Waals surface area contributed by atoms with E-state index in [9.17, 15) is 4.79 Å². The van der Waals surface area contributed by atoms with Crippen molar-refractivity contribution >= 4 is 50.2 Å². The number of thiophene rings is 1. The number of halogens is 1. The van der Waals surface area contributed by atoms with Crippen molar-refractivity contribution < 1.29 is 4.79 Å². The molecule has 0 spiro atoms. The van der Waals surface area contributed by atoms with Crippen LogP contribution in [0.3, 0.4) is 0 Å². The number of benzene rings is 1. The van der Waals surface area contributed by atoms with Crippen LogP contribution >= 0.6 is 38.6 Å². The Labute approximate surface area is 160 Å². The van der Waals surface area contributed by atoms with Crippen molar-refractivity contribution in [2.75, 3.05) is 5.32 Å². The molecule has 1 aromatic carbocycles. The summed E-state index contributed by atoms with van der Waals surface area (Å²) >= 11 is 6.45. The molecule has 0 aliphatic rings. The summed E-state index contributed by atoms with van der Waals surface area (Å²) in [7, 11) is 0. The Bertz CT molecular complexity index is 1020. The Balaban J connectivity index is 1.60. The second-order valence-corrected chi connectivity index (χ2v) is 7.68. The van der Waals surface area contributed by atoms with E-state index in [0.717, 1.165) is 20.7 Å². The Hall–Kier alpha value is -2.29. The molecule has 8 heteroatoms. The number of rotatable bonds is 4. The number of para-hydroxylation sites is 2. The lowest BCUT2D eigenvalue weighted by Crippen LogP contribution is -2.14. The first-order valence-electron chi connectivity index (χ1n) is 7.30. The molecule has 0 saturated carbocycles. The molecular weight excluding hydrogens is 420 g/mol. The van der Waals surface area contributed by atoms with Gasteiger partial charge in [0.1, 0.15) is 10.7 Å². The van der Waals surface area contributed by atoms with Crippen LogP contribution in [-0.2, 0) is 0 Å². The number of hydrogen-bond donors (Lipinski definition) is 1. The normalized spacial score (nSPS) is 10.8. The molecule has 25 heavy (non-hydrogen) atoms. The van der Waals surface area contributed by atoms with Gasteiger partial charge < -0.3 is 5.32 Å². The second kappa shape index (κ2) is 6.91. The highest BCUT2D eigenvalue weighted by Crippen LogP contribution is 2.27. The van der Waals surface area contributed by atoms with Crippen molar-refractivity contribution in [2.24, 2.45) is 0 Å². The number of nitrogens with zero attached hydrogens (tertiary/aromatic N) is 3. The number of anilines is 1. The molecule has 0 fully saturated rings. The van der Waals surface area contributed by atoms with Crippen LogP contribution in [0.2, 0.25) is 0 Å². The van der Waals surface area contributed by atoms with Crippen LogP contribution < -0.4 is 5.32 Å². The van der Waals surface area contributed by atoms with Gasteiger partial charge in [0, 0.05) is 22.5 Å². The fourth-order valence-corrected chi connectivity index (χ4v) is 4.09. The van der Waals surface area contributed by atoms with Gasteiger partial charge in [-0.3, -0.25) is 4.79 Å². The van der Waals surface area contributed by atoms with E-state index in [1.807, 2.05) is 47.3 Å². The molecule has 4 aromatic rings. The summed E-state index contributed by atoms with van der Waals surface area (Å²) in [6.45, 7) is 0. The largest absolute Gasteiger partial charge is 0.319 e. The van der Waals surface area contributed by atoms with Crippen molar-refractivity contribution in [1.29, 1.82) is 0 Å². The molecule has 1 amide bonds. The molecule has 5 nitrogen and oxygen atoms in total. The zero-order valence-electron chi connectivity index (χ0n) is 12.7. The number of hydrogen-bond acceptors (Lipinski definition) is 5. The van der Waals surface area contributed by atoms with E-state index < -0.39 is 0 Å².